The molecule has 1 heterocycles. The van der Waals surface area contributed by atoms with Gasteiger partial charge in [-0.05, 0) is 137 Å². The first kappa shape index (κ1) is 35.7. The highest BCUT2D eigenvalue weighted by Crippen LogP contribution is 2.48. The molecule has 1 aromatic heterocycles. The predicted octanol–water partition coefficient (Wildman–Crippen LogP) is 13.8. The zero-order chi connectivity index (χ0) is 38.9. The Kier molecular flexibility index (Phi) is 9.58. The monoisotopic (exact) mass is 764 g/mol. The van der Waals surface area contributed by atoms with Crippen molar-refractivity contribution in [2.75, 3.05) is 38.2 Å². The number of benzene rings is 8. The van der Waals surface area contributed by atoms with Crippen LogP contribution in [-0.2, 0) is 0 Å². The molecular weight excluding hydrogens is 725 g/mol. The zero-order valence-electron chi connectivity index (χ0n) is 32.1. The van der Waals surface area contributed by atoms with Gasteiger partial charge in [0.2, 0.25) is 0 Å². The van der Waals surface area contributed by atoms with Gasteiger partial charge in [-0.1, -0.05) is 48.5 Å². The smallest absolute Gasteiger partial charge is 0.120 e. The van der Waals surface area contributed by atoms with E-state index in [1.54, 1.807) is 28.4 Å². The Morgan fingerprint density at radius 2 is 0.895 bits per heavy atom. The Morgan fingerprint density at radius 3 is 1.47 bits per heavy atom. The van der Waals surface area contributed by atoms with E-state index in [4.69, 9.17) is 18.9 Å². The molecule has 0 radical (unpaired) electrons. The average molecular weight is 765 g/mol. The molecule has 0 amide bonds. The Balaban J connectivity index is 1.36. The van der Waals surface area contributed by atoms with Crippen molar-refractivity contribution >= 4 is 76.4 Å². The van der Waals surface area contributed by atoms with Gasteiger partial charge in [-0.2, -0.15) is 0 Å². The Bertz CT molecular complexity index is 2800. The van der Waals surface area contributed by atoms with Crippen molar-refractivity contribution in [3.05, 3.63) is 170 Å². The molecule has 0 saturated carbocycles. The van der Waals surface area contributed by atoms with Crippen LogP contribution in [0.15, 0.2) is 170 Å². The zero-order valence-corrected chi connectivity index (χ0v) is 32.9. The molecule has 8 aromatic carbocycles. The molecular formula is C50H40N2O4S. The first-order valence-electron chi connectivity index (χ1n) is 18.7. The van der Waals surface area contributed by atoms with Crippen molar-refractivity contribution in [2.24, 2.45) is 0 Å². The van der Waals surface area contributed by atoms with Crippen LogP contribution in [0.3, 0.4) is 0 Å². The van der Waals surface area contributed by atoms with Gasteiger partial charge >= 0.3 is 0 Å². The third-order valence-electron chi connectivity index (χ3n) is 10.4. The van der Waals surface area contributed by atoms with E-state index in [0.717, 1.165) is 68.2 Å². The number of ether oxygens (including phenoxy) is 4. The van der Waals surface area contributed by atoms with E-state index < -0.39 is 0 Å². The Morgan fingerprint density at radius 1 is 0.368 bits per heavy atom. The van der Waals surface area contributed by atoms with E-state index >= 15 is 0 Å². The molecule has 0 aliphatic heterocycles. The average Bonchev–Trinajstić information content (AvgIpc) is 3.67. The second-order valence-corrected chi connectivity index (χ2v) is 14.7. The standard InChI is InChI=1S/C50H40N2O4S/c1-53-41-22-16-35(17-23-41)51(36-18-24-42(54-2)25-19-36)39-29-34(46-13-8-14-47-50(46)49-45-12-6-5-9-33(45)15-28-48(49)57-47)30-40(31-39)52(37-20-26-43(55-3)27-21-37)38-10-7-11-44(32-38)56-4/h5-32H,1-4H3. The largest absolute Gasteiger partial charge is 0.497 e. The summed E-state index contributed by atoms with van der Waals surface area (Å²) in [5.74, 6) is 3.12. The number of anilines is 6. The van der Waals surface area contributed by atoms with Crippen molar-refractivity contribution in [1.29, 1.82) is 0 Å². The number of nitrogens with zero attached hydrogens (tertiary/aromatic N) is 2. The molecule has 0 spiro atoms. The molecule has 0 atom stereocenters. The van der Waals surface area contributed by atoms with Gasteiger partial charge in [-0.3, -0.25) is 0 Å². The molecule has 0 fully saturated rings. The highest BCUT2D eigenvalue weighted by molar-refractivity contribution is 7.26. The molecule has 280 valence electrons. The van der Waals surface area contributed by atoms with Gasteiger partial charge in [0.05, 0.1) is 28.4 Å². The summed E-state index contributed by atoms with van der Waals surface area (Å²) in [5, 5.41) is 5.00. The Labute approximate surface area is 336 Å². The van der Waals surface area contributed by atoms with Crippen LogP contribution >= 0.6 is 11.3 Å². The summed E-state index contributed by atoms with van der Waals surface area (Å²) in [6.07, 6.45) is 0. The first-order valence-corrected chi connectivity index (χ1v) is 19.5. The second-order valence-electron chi connectivity index (χ2n) is 13.6. The summed E-state index contributed by atoms with van der Waals surface area (Å²) >= 11 is 1.84. The van der Waals surface area contributed by atoms with Crippen LogP contribution in [0.25, 0.3) is 42.1 Å². The van der Waals surface area contributed by atoms with E-state index in [0.29, 0.717) is 0 Å². The van der Waals surface area contributed by atoms with Crippen LogP contribution in [0.5, 0.6) is 23.0 Å². The van der Waals surface area contributed by atoms with Crippen LogP contribution in [0.2, 0.25) is 0 Å². The van der Waals surface area contributed by atoms with Gasteiger partial charge in [-0.15, -0.1) is 11.3 Å². The molecule has 0 saturated heterocycles. The molecule has 9 rings (SSSR count). The van der Waals surface area contributed by atoms with Gasteiger partial charge in [0.1, 0.15) is 23.0 Å². The molecule has 0 aliphatic rings. The number of hydrogen-bond acceptors (Lipinski definition) is 7. The number of thiophene rings is 1. The minimum absolute atomic E-state index is 0.766. The molecule has 57 heavy (non-hydrogen) atoms. The van der Waals surface area contributed by atoms with E-state index in [-0.39, 0.29) is 0 Å². The summed E-state index contributed by atoms with van der Waals surface area (Å²) in [7, 11) is 6.77. The highest BCUT2D eigenvalue weighted by atomic mass is 32.1. The van der Waals surface area contributed by atoms with Crippen LogP contribution < -0.4 is 28.7 Å². The lowest BCUT2D eigenvalue weighted by atomic mass is 9.95. The van der Waals surface area contributed by atoms with Crippen molar-refractivity contribution < 1.29 is 18.9 Å². The van der Waals surface area contributed by atoms with Crippen molar-refractivity contribution in [3.8, 4) is 34.1 Å². The maximum absolute atomic E-state index is 5.76. The first-order chi connectivity index (χ1) is 28.0. The van der Waals surface area contributed by atoms with Gasteiger partial charge in [-0.25, -0.2) is 0 Å². The topological polar surface area (TPSA) is 43.4 Å². The van der Waals surface area contributed by atoms with Crippen LogP contribution in [-0.4, -0.2) is 28.4 Å². The number of hydrogen-bond donors (Lipinski definition) is 0. The van der Waals surface area contributed by atoms with E-state index in [2.05, 4.69) is 131 Å². The fourth-order valence-electron chi connectivity index (χ4n) is 7.67. The summed E-state index contributed by atoms with van der Waals surface area (Å²) in [6.45, 7) is 0. The van der Waals surface area contributed by atoms with E-state index in [1.165, 1.54) is 30.9 Å². The van der Waals surface area contributed by atoms with Gasteiger partial charge in [0, 0.05) is 60.4 Å². The Hall–Kier alpha value is -6.96. The second kappa shape index (κ2) is 15.3. The van der Waals surface area contributed by atoms with E-state index in [9.17, 15) is 0 Å². The minimum atomic E-state index is 0.766. The molecule has 0 aliphatic carbocycles. The predicted molar refractivity (Wildman–Crippen MR) is 238 cm³/mol. The summed E-state index contributed by atoms with van der Waals surface area (Å²) < 4.78 is 25.0. The fourth-order valence-corrected chi connectivity index (χ4v) is 8.82. The maximum Gasteiger partial charge on any atom is 0.120 e. The third kappa shape index (κ3) is 6.72. The molecule has 0 bridgehead atoms. The van der Waals surface area contributed by atoms with Crippen molar-refractivity contribution in [1.82, 2.24) is 0 Å². The number of rotatable bonds is 11. The van der Waals surface area contributed by atoms with Crippen molar-refractivity contribution in [2.45, 2.75) is 0 Å². The lowest BCUT2D eigenvalue weighted by Crippen LogP contribution is -2.14. The minimum Gasteiger partial charge on any atom is -0.497 e. The lowest BCUT2D eigenvalue weighted by Gasteiger charge is -2.30. The fraction of sp³-hybridized carbons (Fsp3) is 0.0800. The van der Waals surface area contributed by atoms with Gasteiger partial charge < -0.3 is 28.7 Å². The van der Waals surface area contributed by atoms with Gasteiger partial charge in [0.25, 0.3) is 0 Å². The number of methoxy groups -OCH3 is 4. The normalized spacial score (nSPS) is 11.2. The molecule has 0 unspecified atom stereocenters. The maximum atomic E-state index is 5.76. The molecule has 0 N–H and O–H groups in total. The molecule has 9 aromatic rings. The number of fused-ring (bicyclic) bond motifs is 5. The third-order valence-corrected chi connectivity index (χ3v) is 11.5. The van der Waals surface area contributed by atoms with Crippen LogP contribution in [0.1, 0.15) is 0 Å². The van der Waals surface area contributed by atoms with Gasteiger partial charge in [0.15, 0.2) is 0 Å². The summed E-state index contributed by atoms with van der Waals surface area (Å²) in [4.78, 5) is 4.56. The summed E-state index contributed by atoms with van der Waals surface area (Å²) in [5.41, 5.74) is 8.05. The van der Waals surface area contributed by atoms with Crippen LogP contribution in [0, 0.1) is 0 Å². The quantitative estimate of drug-likeness (QED) is 0.131. The summed E-state index contributed by atoms with van der Waals surface area (Å²) in [6, 6.07) is 59.4. The molecule has 6 nitrogen and oxygen atoms in total. The highest BCUT2D eigenvalue weighted by Gasteiger charge is 2.22. The lowest BCUT2D eigenvalue weighted by molar-refractivity contribution is 0.414. The molecule has 7 heteroatoms. The van der Waals surface area contributed by atoms with E-state index in [1.807, 2.05) is 59.9 Å². The van der Waals surface area contributed by atoms with Crippen molar-refractivity contribution in [3.63, 3.8) is 0 Å². The van der Waals surface area contributed by atoms with Crippen LogP contribution in [0.4, 0.5) is 34.1 Å². The SMILES string of the molecule is COc1ccc(N(c2ccc(OC)cc2)c2cc(-c3cccc4sc5ccc6ccccc6c5c34)cc(N(c3ccc(OC)cc3)c3cccc(OC)c3)c2)cc1.